The van der Waals surface area contributed by atoms with Crippen LogP contribution in [0.4, 0.5) is 0 Å². The quantitative estimate of drug-likeness (QED) is 0.877. The minimum Gasteiger partial charge on any atom is -0.307 e. The fourth-order valence-electron chi connectivity index (χ4n) is 2.25. The Bertz CT molecular complexity index is 312. The maximum absolute atomic E-state index is 3.68. The molecule has 82 valence electrons. The van der Waals surface area contributed by atoms with Crippen LogP contribution in [0.5, 0.6) is 0 Å². The van der Waals surface area contributed by atoms with Gasteiger partial charge in [-0.25, -0.2) is 0 Å². The highest BCUT2D eigenvalue weighted by molar-refractivity contribution is 9.10. The summed E-state index contributed by atoms with van der Waals surface area (Å²) in [4.78, 5) is 0. The van der Waals surface area contributed by atoms with Crippen LogP contribution in [-0.2, 0) is 6.54 Å². The normalized spacial score (nSPS) is 19.3. The lowest BCUT2D eigenvalue weighted by Gasteiger charge is -2.25. The fourth-order valence-corrected chi connectivity index (χ4v) is 2.51. The summed E-state index contributed by atoms with van der Waals surface area (Å²) in [6.45, 7) is 3.34. The first kappa shape index (κ1) is 11.2. The van der Waals surface area contributed by atoms with E-state index in [2.05, 4.69) is 52.4 Å². The molecule has 0 unspecified atom stereocenters. The number of benzene rings is 1. The first-order chi connectivity index (χ1) is 7.18. The molecule has 0 radical (unpaired) electrons. The lowest BCUT2D eigenvalue weighted by atomic mass is 10.0. The first-order valence-corrected chi connectivity index (χ1v) is 6.47. The molecule has 1 aliphatic rings. The highest BCUT2D eigenvalue weighted by Gasteiger charge is 2.27. The van der Waals surface area contributed by atoms with Gasteiger partial charge in [0.2, 0.25) is 0 Å². The number of hydrogen-bond acceptors (Lipinski definition) is 1. The van der Waals surface area contributed by atoms with Crippen LogP contribution in [0.15, 0.2) is 28.7 Å². The second-order valence-electron chi connectivity index (χ2n) is 4.75. The molecule has 0 bridgehead atoms. The molecule has 0 heterocycles. The van der Waals surface area contributed by atoms with Gasteiger partial charge in [-0.15, -0.1) is 0 Å². The van der Waals surface area contributed by atoms with Gasteiger partial charge in [0.05, 0.1) is 0 Å². The predicted molar refractivity (Wildman–Crippen MR) is 67.9 cm³/mol. The number of rotatable bonds is 3. The van der Waals surface area contributed by atoms with Crippen LogP contribution in [0.3, 0.4) is 0 Å². The van der Waals surface area contributed by atoms with Crippen LogP contribution in [0.2, 0.25) is 0 Å². The molecule has 0 aromatic heterocycles. The van der Waals surface area contributed by atoms with Gasteiger partial charge in [-0.1, -0.05) is 40.9 Å². The van der Waals surface area contributed by atoms with Gasteiger partial charge in [-0.3, -0.25) is 0 Å². The average molecular weight is 268 g/mol. The Morgan fingerprint density at radius 2 is 1.80 bits per heavy atom. The van der Waals surface area contributed by atoms with Crippen LogP contribution in [-0.4, -0.2) is 5.54 Å². The van der Waals surface area contributed by atoms with Crippen molar-refractivity contribution in [1.29, 1.82) is 0 Å². The van der Waals surface area contributed by atoms with E-state index in [4.69, 9.17) is 0 Å². The van der Waals surface area contributed by atoms with Gasteiger partial charge >= 0.3 is 0 Å². The van der Waals surface area contributed by atoms with E-state index >= 15 is 0 Å². The van der Waals surface area contributed by atoms with E-state index in [1.54, 1.807) is 0 Å². The van der Waals surface area contributed by atoms with E-state index in [1.807, 2.05) is 0 Å². The molecule has 0 atom stereocenters. The summed E-state index contributed by atoms with van der Waals surface area (Å²) >= 11 is 3.45. The predicted octanol–water partition coefficient (Wildman–Crippen LogP) is 3.87. The van der Waals surface area contributed by atoms with E-state index in [-0.39, 0.29) is 0 Å². The Kier molecular flexibility index (Phi) is 3.47. The fraction of sp³-hybridized carbons (Fsp3) is 0.538. The molecule has 1 aromatic rings. The Balaban J connectivity index is 1.90. The van der Waals surface area contributed by atoms with Gasteiger partial charge in [-0.05, 0) is 37.5 Å². The first-order valence-electron chi connectivity index (χ1n) is 5.67. The molecule has 0 amide bonds. The van der Waals surface area contributed by atoms with Crippen LogP contribution in [0, 0.1) is 0 Å². The third-order valence-electron chi connectivity index (χ3n) is 3.34. The van der Waals surface area contributed by atoms with Crippen LogP contribution in [0.25, 0.3) is 0 Å². The second-order valence-corrected chi connectivity index (χ2v) is 5.66. The molecule has 0 saturated heterocycles. The molecule has 1 aromatic carbocycles. The third-order valence-corrected chi connectivity index (χ3v) is 3.87. The molecule has 2 rings (SSSR count). The molecular formula is C13H18BrN. The minimum absolute atomic E-state index is 0.382. The maximum Gasteiger partial charge on any atom is 0.0210 e. The van der Waals surface area contributed by atoms with E-state index in [0.29, 0.717) is 5.54 Å². The topological polar surface area (TPSA) is 12.0 Å². The second kappa shape index (κ2) is 4.67. The van der Waals surface area contributed by atoms with Gasteiger partial charge in [0.1, 0.15) is 0 Å². The molecular weight excluding hydrogens is 250 g/mol. The molecule has 1 N–H and O–H groups in total. The maximum atomic E-state index is 3.68. The SMILES string of the molecule is CC1(NCc2ccc(Br)cc2)CCCC1. The van der Waals surface area contributed by atoms with E-state index in [9.17, 15) is 0 Å². The minimum atomic E-state index is 0.382. The molecule has 1 saturated carbocycles. The van der Waals surface area contributed by atoms with E-state index in [1.165, 1.54) is 31.2 Å². The summed E-state index contributed by atoms with van der Waals surface area (Å²) < 4.78 is 1.15. The number of nitrogens with one attached hydrogen (secondary N) is 1. The van der Waals surface area contributed by atoms with E-state index < -0.39 is 0 Å². The number of halogens is 1. The Morgan fingerprint density at radius 3 is 2.40 bits per heavy atom. The largest absolute Gasteiger partial charge is 0.307 e. The summed E-state index contributed by atoms with van der Waals surface area (Å²) in [7, 11) is 0. The van der Waals surface area contributed by atoms with Crippen LogP contribution in [0.1, 0.15) is 38.2 Å². The average Bonchev–Trinajstić information content (AvgIpc) is 2.65. The van der Waals surface area contributed by atoms with Crippen molar-refractivity contribution in [2.45, 2.75) is 44.7 Å². The molecule has 1 aliphatic carbocycles. The summed E-state index contributed by atoms with van der Waals surface area (Å²) in [5, 5.41) is 3.68. The zero-order valence-corrected chi connectivity index (χ0v) is 10.8. The van der Waals surface area contributed by atoms with Gasteiger partial charge in [0.25, 0.3) is 0 Å². The van der Waals surface area contributed by atoms with Crippen LogP contribution < -0.4 is 5.32 Å². The van der Waals surface area contributed by atoms with Crippen molar-refractivity contribution in [3.05, 3.63) is 34.3 Å². The Labute approximate surface area is 100 Å². The summed E-state index contributed by atoms with van der Waals surface area (Å²) in [5.74, 6) is 0. The third kappa shape index (κ3) is 3.05. The Morgan fingerprint density at radius 1 is 1.20 bits per heavy atom. The molecule has 15 heavy (non-hydrogen) atoms. The van der Waals surface area contributed by atoms with Gasteiger partial charge in [0.15, 0.2) is 0 Å². The monoisotopic (exact) mass is 267 g/mol. The lowest BCUT2D eigenvalue weighted by molar-refractivity contribution is 0.363. The molecule has 1 fully saturated rings. The Hall–Kier alpha value is -0.340. The zero-order valence-electron chi connectivity index (χ0n) is 9.22. The van der Waals surface area contributed by atoms with Crippen molar-refractivity contribution in [2.75, 3.05) is 0 Å². The molecule has 0 aliphatic heterocycles. The summed E-state index contributed by atoms with van der Waals surface area (Å²) in [6.07, 6.45) is 5.40. The van der Waals surface area contributed by atoms with Crippen molar-refractivity contribution >= 4 is 15.9 Å². The molecule has 0 spiro atoms. The van der Waals surface area contributed by atoms with Gasteiger partial charge in [-0.2, -0.15) is 0 Å². The van der Waals surface area contributed by atoms with E-state index in [0.717, 1.165) is 11.0 Å². The van der Waals surface area contributed by atoms with Gasteiger partial charge in [0, 0.05) is 16.6 Å². The highest BCUT2D eigenvalue weighted by Crippen LogP contribution is 2.29. The van der Waals surface area contributed by atoms with Crippen LogP contribution >= 0.6 is 15.9 Å². The lowest BCUT2D eigenvalue weighted by Crippen LogP contribution is -2.38. The highest BCUT2D eigenvalue weighted by atomic mass is 79.9. The summed E-state index contributed by atoms with van der Waals surface area (Å²) in [5.41, 5.74) is 1.75. The molecule has 2 heteroatoms. The van der Waals surface area contributed by atoms with Crippen molar-refractivity contribution in [2.24, 2.45) is 0 Å². The zero-order chi connectivity index (χ0) is 10.7. The van der Waals surface area contributed by atoms with Crippen molar-refractivity contribution in [1.82, 2.24) is 5.32 Å². The molecule has 1 nitrogen and oxygen atoms in total. The number of hydrogen-bond donors (Lipinski definition) is 1. The smallest absolute Gasteiger partial charge is 0.0210 e. The standard InChI is InChI=1S/C13H18BrN/c1-13(8-2-3-9-13)15-10-11-4-6-12(14)7-5-11/h4-7,15H,2-3,8-10H2,1H3. The van der Waals surface area contributed by atoms with Crippen molar-refractivity contribution < 1.29 is 0 Å². The van der Waals surface area contributed by atoms with Crippen molar-refractivity contribution in [3.63, 3.8) is 0 Å². The van der Waals surface area contributed by atoms with Crippen molar-refractivity contribution in [3.8, 4) is 0 Å². The van der Waals surface area contributed by atoms with Gasteiger partial charge < -0.3 is 5.32 Å². The summed E-state index contributed by atoms with van der Waals surface area (Å²) in [6, 6.07) is 8.56.